The van der Waals surface area contributed by atoms with Gasteiger partial charge in [-0.3, -0.25) is 0 Å². The van der Waals surface area contributed by atoms with E-state index < -0.39 is 0 Å². The number of rotatable bonds is 15. The van der Waals surface area contributed by atoms with E-state index in [1.807, 2.05) is 0 Å². The SMILES string of the molecule is C=C(NC(=C)/C(CCC)=C(\C)CC)Nc1ccc(CCCCCC)c(C(C)(C)CC)c1. The highest BCUT2D eigenvalue weighted by Crippen LogP contribution is 2.33. The van der Waals surface area contributed by atoms with Gasteiger partial charge >= 0.3 is 0 Å². The van der Waals surface area contributed by atoms with Crippen molar-refractivity contribution in [1.82, 2.24) is 5.32 Å². The van der Waals surface area contributed by atoms with Gasteiger partial charge in [-0.25, -0.2) is 0 Å². The lowest BCUT2D eigenvalue weighted by Gasteiger charge is -2.28. The van der Waals surface area contributed by atoms with E-state index in [-0.39, 0.29) is 5.41 Å². The van der Waals surface area contributed by atoms with Crippen molar-refractivity contribution in [3.8, 4) is 0 Å². The zero-order chi connectivity index (χ0) is 23.4. The van der Waals surface area contributed by atoms with Crippen molar-refractivity contribution in [2.75, 3.05) is 5.32 Å². The third-order valence-corrected chi connectivity index (χ3v) is 6.53. The smallest absolute Gasteiger partial charge is 0.100 e. The van der Waals surface area contributed by atoms with Crippen LogP contribution in [0.3, 0.4) is 0 Å². The van der Waals surface area contributed by atoms with Crippen molar-refractivity contribution in [3.63, 3.8) is 0 Å². The molecule has 0 radical (unpaired) electrons. The van der Waals surface area contributed by atoms with Crippen LogP contribution in [-0.4, -0.2) is 0 Å². The number of aryl methyl sites for hydroxylation is 1. The van der Waals surface area contributed by atoms with Crippen molar-refractivity contribution >= 4 is 5.69 Å². The predicted molar refractivity (Wildman–Crippen MR) is 141 cm³/mol. The van der Waals surface area contributed by atoms with Gasteiger partial charge in [-0.2, -0.15) is 0 Å². The van der Waals surface area contributed by atoms with Crippen LogP contribution in [0.4, 0.5) is 5.69 Å². The van der Waals surface area contributed by atoms with Crippen LogP contribution >= 0.6 is 0 Å². The van der Waals surface area contributed by atoms with Crippen LogP contribution in [0.5, 0.6) is 0 Å². The van der Waals surface area contributed by atoms with Gasteiger partial charge in [0.2, 0.25) is 0 Å². The molecule has 0 aromatic heterocycles. The summed E-state index contributed by atoms with van der Waals surface area (Å²) in [6.45, 7) is 24.4. The highest BCUT2D eigenvalue weighted by Gasteiger charge is 2.22. The molecule has 1 rings (SSSR count). The van der Waals surface area contributed by atoms with Crippen molar-refractivity contribution in [2.24, 2.45) is 0 Å². The van der Waals surface area contributed by atoms with Gasteiger partial charge in [-0.15, -0.1) is 0 Å². The Morgan fingerprint density at radius 2 is 1.68 bits per heavy atom. The summed E-state index contributed by atoms with van der Waals surface area (Å²) in [4.78, 5) is 0. The summed E-state index contributed by atoms with van der Waals surface area (Å²) in [5.74, 6) is 0.776. The maximum absolute atomic E-state index is 4.29. The lowest BCUT2D eigenvalue weighted by Crippen LogP contribution is -2.21. The Balaban J connectivity index is 2.98. The molecule has 0 amide bonds. The fourth-order valence-corrected chi connectivity index (χ4v) is 3.98. The quantitative estimate of drug-likeness (QED) is 0.217. The molecule has 0 aliphatic carbocycles. The molecule has 2 heteroatoms. The molecule has 1 aromatic rings. The van der Waals surface area contributed by atoms with Gasteiger partial charge in [0.15, 0.2) is 0 Å². The number of unbranched alkanes of at least 4 members (excludes halogenated alkanes) is 3. The first kappa shape index (κ1) is 27.1. The minimum absolute atomic E-state index is 0.158. The van der Waals surface area contributed by atoms with Gasteiger partial charge in [0, 0.05) is 11.4 Å². The van der Waals surface area contributed by atoms with Gasteiger partial charge < -0.3 is 10.6 Å². The molecule has 0 spiro atoms. The molecule has 2 nitrogen and oxygen atoms in total. The molecule has 2 N–H and O–H groups in total. The number of nitrogens with one attached hydrogen (secondary N) is 2. The third-order valence-electron chi connectivity index (χ3n) is 6.53. The molecular weight excluding hydrogens is 376 g/mol. The molecule has 1 aromatic carbocycles. The molecule has 0 bridgehead atoms. The number of allylic oxidation sites excluding steroid dienone is 2. The average Bonchev–Trinajstić information content (AvgIpc) is 2.74. The highest BCUT2D eigenvalue weighted by molar-refractivity contribution is 5.54. The number of hydrogen-bond acceptors (Lipinski definition) is 2. The Bertz CT molecular complexity index is 752. The molecule has 0 aliphatic heterocycles. The maximum Gasteiger partial charge on any atom is 0.100 e. The second kappa shape index (κ2) is 13.5. The van der Waals surface area contributed by atoms with Gasteiger partial charge in [-0.1, -0.05) is 92.0 Å². The summed E-state index contributed by atoms with van der Waals surface area (Å²) < 4.78 is 0. The van der Waals surface area contributed by atoms with Crippen LogP contribution in [0.25, 0.3) is 0 Å². The summed E-state index contributed by atoms with van der Waals surface area (Å²) in [5.41, 5.74) is 7.87. The van der Waals surface area contributed by atoms with Crippen molar-refractivity contribution < 1.29 is 0 Å². The number of anilines is 1. The fraction of sp³-hybridized carbons (Fsp3) is 0.586. The van der Waals surface area contributed by atoms with Gasteiger partial charge in [0.05, 0.1) is 0 Å². The predicted octanol–water partition coefficient (Wildman–Crippen LogP) is 9.01. The lowest BCUT2D eigenvalue weighted by atomic mass is 9.78. The van der Waals surface area contributed by atoms with E-state index in [2.05, 4.69) is 90.5 Å². The second-order valence-corrected chi connectivity index (χ2v) is 9.49. The van der Waals surface area contributed by atoms with E-state index in [0.29, 0.717) is 0 Å². The molecule has 174 valence electrons. The van der Waals surface area contributed by atoms with Crippen LogP contribution in [-0.2, 0) is 11.8 Å². The first-order valence-corrected chi connectivity index (χ1v) is 12.4. The van der Waals surface area contributed by atoms with Crippen LogP contribution in [0, 0.1) is 0 Å². The first-order chi connectivity index (χ1) is 14.7. The Labute approximate surface area is 193 Å². The van der Waals surface area contributed by atoms with Crippen molar-refractivity contribution in [2.45, 2.75) is 112 Å². The van der Waals surface area contributed by atoms with E-state index in [4.69, 9.17) is 0 Å². The topological polar surface area (TPSA) is 24.1 Å². The normalized spacial score (nSPS) is 12.4. The second-order valence-electron chi connectivity index (χ2n) is 9.49. The Morgan fingerprint density at radius 3 is 2.26 bits per heavy atom. The minimum atomic E-state index is 0.158. The van der Waals surface area contributed by atoms with Gasteiger partial charge in [-0.05, 0) is 73.3 Å². The van der Waals surface area contributed by atoms with E-state index in [9.17, 15) is 0 Å². The molecular formula is C29H48N2. The van der Waals surface area contributed by atoms with Crippen LogP contribution in [0.1, 0.15) is 111 Å². The van der Waals surface area contributed by atoms with Gasteiger partial charge in [0.1, 0.15) is 5.82 Å². The van der Waals surface area contributed by atoms with Crippen LogP contribution < -0.4 is 10.6 Å². The third kappa shape index (κ3) is 8.59. The Kier molecular flexibility index (Phi) is 11.7. The lowest BCUT2D eigenvalue weighted by molar-refractivity contribution is 0.499. The largest absolute Gasteiger partial charge is 0.343 e. The molecule has 0 saturated heterocycles. The zero-order valence-electron chi connectivity index (χ0n) is 21.5. The van der Waals surface area contributed by atoms with Crippen molar-refractivity contribution in [1.29, 1.82) is 0 Å². The number of benzene rings is 1. The number of hydrogen-bond donors (Lipinski definition) is 2. The molecule has 0 unspecified atom stereocenters. The summed E-state index contributed by atoms with van der Waals surface area (Å²) in [6.07, 6.45) is 10.7. The molecule has 0 aliphatic rings. The maximum atomic E-state index is 4.29. The fourth-order valence-electron chi connectivity index (χ4n) is 3.98. The monoisotopic (exact) mass is 424 g/mol. The first-order valence-electron chi connectivity index (χ1n) is 12.4. The molecule has 0 fully saturated rings. The summed E-state index contributed by atoms with van der Waals surface area (Å²) in [6, 6.07) is 6.83. The molecule has 0 heterocycles. The van der Waals surface area contributed by atoms with Crippen LogP contribution in [0.2, 0.25) is 0 Å². The zero-order valence-corrected chi connectivity index (χ0v) is 21.5. The molecule has 31 heavy (non-hydrogen) atoms. The standard InChI is InChI=1S/C29H48N2/c1-10-14-15-16-18-25-19-20-26(21-28(25)29(8,9)13-4)31-24(7)30-23(6)27(17-11-2)22(5)12-3/h19-21,30-31H,6-7,10-18H2,1-5,8-9H3/b27-22+. The van der Waals surface area contributed by atoms with Crippen molar-refractivity contribution in [3.05, 3.63) is 65.1 Å². The molecule has 0 atom stereocenters. The van der Waals surface area contributed by atoms with E-state index in [0.717, 1.165) is 49.3 Å². The Morgan fingerprint density at radius 1 is 0.968 bits per heavy atom. The van der Waals surface area contributed by atoms with E-state index >= 15 is 0 Å². The average molecular weight is 425 g/mol. The summed E-state index contributed by atoms with van der Waals surface area (Å²) in [5, 5.41) is 6.88. The Hall–Kier alpha value is -1.96. The molecule has 0 saturated carbocycles. The van der Waals surface area contributed by atoms with Gasteiger partial charge in [0.25, 0.3) is 0 Å². The van der Waals surface area contributed by atoms with Crippen LogP contribution in [0.15, 0.2) is 54.0 Å². The van der Waals surface area contributed by atoms with E-state index in [1.165, 1.54) is 48.0 Å². The summed E-state index contributed by atoms with van der Waals surface area (Å²) in [7, 11) is 0. The minimum Gasteiger partial charge on any atom is -0.343 e. The summed E-state index contributed by atoms with van der Waals surface area (Å²) >= 11 is 0. The highest BCUT2D eigenvalue weighted by atomic mass is 15.1. The van der Waals surface area contributed by atoms with E-state index in [1.54, 1.807) is 0 Å².